The lowest BCUT2D eigenvalue weighted by atomic mass is 9.94. The van der Waals surface area contributed by atoms with Gasteiger partial charge in [0.05, 0.1) is 6.42 Å². The van der Waals surface area contributed by atoms with Gasteiger partial charge in [-0.2, -0.15) is 0 Å². The first-order valence-corrected chi connectivity index (χ1v) is 6.02. The Morgan fingerprint density at radius 3 is 2.56 bits per heavy atom. The number of carboxylic acids is 1. The molecular weight excluding hydrogens is 248 g/mol. The van der Waals surface area contributed by atoms with Gasteiger partial charge in [-0.25, -0.2) is 0 Å². The van der Waals surface area contributed by atoms with E-state index in [4.69, 9.17) is 16.7 Å². The van der Waals surface area contributed by atoms with Crippen LogP contribution >= 0.6 is 11.6 Å². The van der Waals surface area contributed by atoms with E-state index in [2.05, 4.69) is 0 Å². The highest BCUT2D eigenvalue weighted by Crippen LogP contribution is 2.29. The first-order valence-electron chi connectivity index (χ1n) is 5.64. The third kappa shape index (κ3) is 2.71. The van der Waals surface area contributed by atoms with Crippen LogP contribution in [0, 0.1) is 6.92 Å². The summed E-state index contributed by atoms with van der Waals surface area (Å²) in [6.07, 6.45) is -0.0236. The molecule has 2 aromatic rings. The molecule has 1 N–H and O–H groups in total. The Labute approximate surface area is 111 Å². The number of carbonyl (C=O) groups is 1. The molecule has 0 aromatic heterocycles. The van der Waals surface area contributed by atoms with E-state index < -0.39 is 5.97 Å². The molecule has 0 amide bonds. The Morgan fingerprint density at radius 2 is 1.89 bits per heavy atom. The molecule has 18 heavy (non-hydrogen) atoms. The highest BCUT2D eigenvalue weighted by Gasteiger charge is 2.10. The third-order valence-electron chi connectivity index (χ3n) is 2.84. The van der Waals surface area contributed by atoms with E-state index in [0.717, 1.165) is 22.3 Å². The average molecular weight is 261 g/mol. The minimum atomic E-state index is -0.855. The lowest BCUT2D eigenvalue weighted by molar-refractivity contribution is -0.136. The zero-order valence-corrected chi connectivity index (χ0v) is 10.7. The third-order valence-corrected chi connectivity index (χ3v) is 3.08. The molecule has 0 unspecified atom stereocenters. The quantitative estimate of drug-likeness (QED) is 0.908. The molecule has 92 valence electrons. The normalized spacial score (nSPS) is 10.3. The van der Waals surface area contributed by atoms with Gasteiger partial charge in [-0.3, -0.25) is 4.79 Å². The molecule has 0 spiro atoms. The minimum absolute atomic E-state index is 0.0236. The predicted molar refractivity (Wildman–Crippen MR) is 73.0 cm³/mol. The van der Waals surface area contributed by atoms with Crippen molar-refractivity contribution in [1.29, 1.82) is 0 Å². The molecule has 0 aliphatic rings. The van der Waals surface area contributed by atoms with Crippen LogP contribution in [0.4, 0.5) is 0 Å². The van der Waals surface area contributed by atoms with Crippen molar-refractivity contribution in [2.75, 3.05) is 0 Å². The lowest BCUT2D eigenvalue weighted by Gasteiger charge is -2.11. The lowest BCUT2D eigenvalue weighted by Crippen LogP contribution is -2.02. The summed E-state index contributed by atoms with van der Waals surface area (Å²) in [5.41, 5.74) is 3.83. The largest absolute Gasteiger partial charge is 0.481 e. The number of aryl methyl sites for hydroxylation is 1. The van der Waals surface area contributed by atoms with Crippen LogP contribution in [0.25, 0.3) is 11.1 Å². The Balaban J connectivity index is 2.57. The molecule has 0 aliphatic heterocycles. The molecule has 0 saturated carbocycles. The molecule has 0 fully saturated rings. The maximum Gasteiger partial charge on any atom is 0.307 e. The van der Waals surface area contributed by atoms with Gasteiger partial charge < -0.3 is 5.11 Å². The van der Waals surface area contributed by atoms with E-state index in [1.165, 1.54) is 0 Å². The van der Waals surface area contributed by atoms with Crippen LogP contribution in [0.1, 0.15) is 11.1 Å². The van der Waals surface area contributed by atoms with Crippen molar-refractivity contribution in [3.63, 3.8) is 0 Å². The number of hydrogen-bond donors (Lipinski definition) is 1. The van der Waals surface area contributed by atoms with Crippen LogP contribution in [0.15, 0.2) is 42.5 Å². The fraction of sp³-hybridized carbons (Fsp3) is 0.133. The number of rotatable bonds is 3. The zero-order valence-electron chi connectivity index (χ0n) is 9.98. The van der Waals surface area contributed by atoms with Crippen molar-refractivity contribution in [2.24, 2.45) is 0 Å². The Hall–Kier alpha value is -1.80. The molecule has 0 aliphatic carbocycles. The average Bonchev–Trinajstić information content (AvgIpc) is 2.30. The number of halogens is 1. The van der Waals surface area contributed by atoms with Crippen LogP contribution < -0.4 is 0 Å². The van der Waals surface area contributed by atoms with Crippen molar-refractivity contribution < 1.29 is 9.90 Å². The Bertz CT molecular complexity index is 591. The van der Waals surface area contributed by atoms with Gasteiger partial charge >= 0.3 is 5.97 Å². The molecule has 0 saturated heterocycles. The molecule has 0 atom stereocenters. The standard InChI is InChI=1S/C15H13ClO2/c1-10-4-2-3-5-13(10)14-7-6-12(16)8-11(14)9-15(17)18/h2-8H,9H2,1H3,(H,17,18). The Kier molecular flexibility index (Phi) is 3.68. The van der Waals surface area contributed by atoms with Crippen LogP contribution in [-0.4, -0.2) is 11.1 Å². The number of hydrogen-bond acceptors (Lipinski definition) is 1. The van der Waals surface area contributed by atoms with Crippen molar-refractivity contribution >= 4 is 17.6 Å². The number of carboxylic acid groups (broad SMARTS) is 1. The Morgan fingerprint density at radius 1 is 1.17 bits per heavy atom. The van der Waals surface area contributed by atoms with E-state index in [1.54, 1.807) is 12.1 Å². The summed E-state index contributed by atoms with van der Waals surface area (Å²) < 4.78 is 0. The summed E-state index contributed by atoms with van der Waals surface area (Å²) in [5, 5.41) is 9.51. The summed E-state index contributed by atoms with van der Waals surface area (Å²) in [5.74, 6) is -0.855. The summed E-state index contributed by atoms with van der Waals surface area (Å²) in [4.78, 5) is 10.9. The zero-order chi connectivity index (χ0) is 13.1. The second kappa shape index (κ2) is 5.23. The number of benzene rings is 2. The molecule has 0 radical (unpaired) electrons. The van der Waals surface area contributed by atoms with Gasteiger partial charge in [0.2, 0.25) is 0 Å². The second-order valence-electron chi connectivity index (χ2n) is 4.19. The van der Waals surface area contributed by atoms with Gasteiger partial charge in [-0.05, 0) is 41.3 Å². The van der Waals surface area contributed by atoms with E-state index in [1.807, 2.05) is 37.3 Å². The van der Waals surface area contributed by atoms with Gasteiger partial charge in [-0.15, -0.1) is 0 Å². The predicted octanol–water partition coefficient (Wildman–Crippen LogP) is 3.94. The molecule has 0 bridgehead atoms. The molecule has 2 nitrogen and oxygen atoms in total. The van der Waals surface area contributed by atoms with E-state index in [0.29, 0.717) is 5.02 Å². The van der Waals surface area contributed by atoms with Gasteiger partial charge in [0.1, 0.15) is 0 Å². The smallest absolute Gasteiger partial charge is 0.307 e. The van der Waals surface area contributed by atoms with Crippen molar-refractivity contribution in [1.82, 2.24) is 0 Å². The molecule has 2 aromatic carbocycles. The fourth-order valence-electron chi connectivity index (χ4n) is 2.01. The molecule has 2 rings (SSSR count). The first-order chi connectivity index (χ1) is 8.58. The highest BCUT2D eigenvalue weighted by molar-refractivity contribution is 6.30. The summed E-state index contributed by atoms with van der Waals surface area (Å²) in [7, 11) is 0. The highest BCUT2D eigenvalue weighted by atomic mass is 35.5. The van der Waals surface area contributed by atoms with Crippen LogP contribution in [-0.2, 0) is 11.2 Å². The summed E-state index contributed by atoms with van der Waals surface area (Å²) in [6, 6.07) is 13.3. The van der Waals surface area contributed by atoms with Crippen molar-refractivity contribution in [2.45, 2.75) is 13.3 Å². The van der Waals surface area contributed by atoms with Gasteiger partial charge in [0.25, 0.3) is 0 Å². The summed E-state index contributed by atoms with van der Waals surface area (Å²) >= 11 is 5.93. The summed E-state index contributed by atoms with van der Waals surface area (Å²) in [6.45, 7) is 2.01. The number of aliphatic carboxylic acids is 1. The molecule has 3 heteroatoms. The monoisotopic (exact) mass is 260 g/mol. The molecule has 0 heterocycles. The van der Waals surface area contributed by atoms with Gasteiger partial charge in [-0.1, -0.05) is 41.9 Å². The SMILES string of the molecule is Cc1ccccc1-c1ccc(Cl)cc1CC(=O)O. The maximum atomic E-state index is 10.9. The fourth-order valence-corrected chi connectivity index (χ4v) is 2.20. The first kappa shape index (κ1) is 12.7. The molecular formula is C15H13ClO2. The minimum Gasteiger partial charge on any atom is -0.481 e. The van der Waals surface area contributed by atoms with E-state index >= 15 is 0 Å². The van der Waals surface area contributed by atoms with Gasteiger partial charge in [0.15, 0.2) is 0 Å². The van der Waals surface area contributed by atoms with Crippen molar-refractivity contribution in [3.8, 4) is 11.1 Å². The second-order valence-corrected chi connectivity index (χ2v) is 4.62. The van der Waals surface area contributed by atoms with Crippen LogP contribution in [0.5, 0.6) is 0 Å². The van der Waals surface area contributed by atoms with Crippen molar-refractivity contribution in [3.05, 3.63) is 58.6 Å². The van der Waals surface area contributed by atoms with E-state index in [9.17, 15) is 4.79 Å². The van der Waals surface area contributed by atoms with Gasteiger partial charge in [0, 0.05) is 5.02 Å². The van der Waals surface area contributed by atoms with Crippen LogP contribution in [0.3, 0.4) is 0 Å². The van der Waals surface area contributed by atoms with Crippen LogP contribution in [0.2, 0.25) is 5.02 Å². The maximum absolute atomic E-state index is 10.9. The topological polar surface area (TPSA) is 37.3 Å². The van der Waals surface area contributed by atoms with E-state index in [-0.39, 0.29) is 6.42 Å².